The van der Waals surface area contributed by atoms with Crippen molar-refractivity contribution in [1.29, 1.82) is 0 Å². The normalized spacial score (nSPS) is 14.2. The molecule has 0 radical (unpaired) electrons. The van der Waals surface area contributed by atoms with Crippen LogP contribution in [0.4, 0.5) is 5.69 Å². The Morgan fingerprint density at radius 2 is 1.73 bits per heavy atom. The van der Waals surface area contributed by atoms with E-state index in [1.165, 1.54) is 7.11 Å². The first-order chi connectivity index (χ1) is 12.4. The number of nitrogens with zero attached hydrogens (tertiary/aromatic N) is 1. The van der Waals surface area contributed by atoms with Crippen LogP contribution in [0.15, 0.2) is 53.2 Å². The number of aryl methyl sites for hydroxylation is 1. The third kappa shape index (κ3) is 3.54. The molecule has 1 N–H and O–H groups in total. The van der Waals surface area contributed by atoms with Crippen LogP contribution in [0.25, 0.3) is 0 Å². The van der Waals surface area contributed by atoms with Crippen molar-refractivity contribution in [2.45, 2.75) is 13.5 Å². The summed E-state index contributed by atoms with van der Waals surface area (Å²) in [5, 5.41) is 3.38. The summed E-state index contributed by atoms with van der Waals surface area (Å²) in [4.78, 5) is 26.2. The van der Waals surface area contributed by atoms with Crippen molar-refractivity contribution in [2.24, 2.45) is 0 Å². The van der Waals surface area contributed by atoms with E-state index < -0.39 is 11.8 Å². The molecule has 2 aromatic rings. The molecule has 0 fully saturated rings. The fourth-order valence-electron chi connectivity index (χ4n) is 2.63. The zero-order chi connectivity index (χ0) is 18.8. The summed E-state index contributed by atoms with van der Waals surface area (Å²) in [6.45, 7) is 2.02. The highest BCUT2D eigenvalue weighted by Gasteiger charge is 2.38. The molecule has 2 aromatic carbocycles. The Labute approximate surface area is 161 Å². The van der Waals surface area contributed by atoms with Gasteiger partial charge in [-0.3, -0.25) is 14.5 Å². The van der Waals surface area contributed by atoms with E-state index in [1.54, 1.807) is 30.3 Å². The minimum atomic E-state index is -0.541. The lowest BCUT2D eigenvalue weighted by Gasteiger charge is -2.16. The number of benzene rings is 2. The van der Waals surface area contributed by atoms with Gasteiger partial charge < -0.3 is 10.1 Å². The number of carbonyl (C=O) groups excluding carboxylic acids is 2. The van der Waals surface area contributed by atoms with Gasteiger partial charge in [0.25, 0.3) is 11.8 Å². The summed E-state index contributed by atoms with van der Waals surface area (Å²) < 4.78 is 5.29. The second-order valence-electron chi connectivity index (χ2n) is 5.84. The molecule has 5 nitrogen and oxygen atoms in total. The Balaban J connectivity index is 1.85. The summed E-state index contributed by atoms with van der Waals surface area (Å²) in [5.74, 6) is -0.483. The molecule has 0 bridgehead atoms. The van der Waals surface area contributed by atoms with Crippen molar-refractivity contribution in [3.8, 4) is 5.75 Å². The van der Waals surface area contributed by atoms with Crippen molar-refractivity contribution in [3.05, 3.63) is 69.3 Å². The molecule has 0 saturated heterocycles. The van der Waals surface area contributed by atoms with Gasteiger partial charge in [-0.05, 0) is 42.3 Å². The van der Waals surface area contributed by atoms with Crippen molar-refractivity contribution in [3.63, 3.8) is 0 Å². The first kappa shape index (κ1) is 18.3. The maximum Gasteiger partial charge on any atom is 0.279 e. The van der Waals surface area contributed by atoms with Crippen molar-refractivity contribution >= 4 is 40.7 Å². The predicted octanol–water partition coefficient (Wildman–Crippen LogP) is 4.09. The number of rotatable bonds is 5. The summed E-state index contributed by atoms with van der Waals surface area (Å²) in [6, 6.07) is 12.4. The molecule has 26 heavy (non-hydrogen) atoms. The number of ether oxygens (including phenoxy) is 1. The van der Waals surface area contributed by atoms with Crippen molar-refractivity contribution in [2.75, 3.05) is 12.4 Å². The molecule has 134 valence electrons. The Bertz CT molecular complexity index is 908. The molecule has 3 rings (SSSR count). The quantitative estimate of drug-likeness (QED) is 0.781. The van der Waals surface area contributed by atoms with E-state index in [0.29, 0.717) is 16.5 Å². The Morgan fingerprint density at radius 1 is 1.04 bits per heavy atom. The van der Waals surface area contributed by atoms with Gasteiger partial charge in [0.15, 0.2) is 0 Å². The van der Waals surface area contributed by atoms with Crippen LogP contribution in [-0.4, -0.2) is 23.8 Å². The van der Waals surface area contributed by atoms with Gasteiger partial charge in [-0.1, -0.05) is 41.4 Å². The zero-order valence-corrected chi connectivity index (χ0v) is 15.7. The highest BCUT2D eigenvalue weighted by molar-refractivity contribution is 6.48. The molecule has 1 heterocycles. The maximum absolute atomic E-state index is 12.7. The van der Waals surface area contributed by atoms with Gasteiger partial charge in [0.2, 0.25) is 0 Å². The highest BCUT2D eigenvalue weighted by atomic mass is 35.5. The van der Waals surface area contributed by atoms with Gasteiger partial charge in [-0.25, -0.2) is 0 Å². The predicted molar refractivity (Wildman–Crippen MR) is 101 cm³/mol. The van der Waals surface area contributed by atoms with E-state index in [4.69, 9.17) is 27.9 Å². The molecule has 0 saturated carbocycles. The fourth-order valence-corrected chi connectivity index (χ4v) is 2.98. The minimum absolute atomic E-state index is 0.0366. The molecule has 1 aliphatic heterocycles. The van der Waals surface area contributed by atoms with Crippen molar-refractivity contribution < 1.29 is 14.3 Å². The first-order valence-corrected chi connectivity index (χ1v) is 8.58. The standard InChI is InChI=1S/C19H16Cl2N2O3/c1-11-3-8-15(26-2)14(9-11)22-17-16(21)18(24)23(19(17)25)10-12-4-6-13(20)7-5-12/h3-9,22H,10H2,1-2H3. The number of amides is 2. The summed E-state index contributed by atoms with van der Waals surface area (Å²) >= 11 is 12.0. The molecule has 0 atom stereocenters. The average molecular weight is 391 g/mol. The van der Waals surface area contributed by atoms with Crippen LogP contribution in [0.5, 0.6) is 5.75 Å². The summed E-state index contributed by atoms with van der Waals surface area (Å²) in [5.41, 5.74) is 2.35. The lowest BCUT2D eigenvalue weighted by molar-refractivity contribution is -0.138. The maximum atomic E-state index is 12.7. The first-order valence-electron chi connectivity index (χ1n) is 7.82. The number of imide groups is 1. The number of hydrogen-bond acceptors (Lipinski definition) is 4. The molecule has 0 aliphatic carbocycles. The Morgan fingerprint density at radius 3 is 2.38 bits per heavy atom. The summed E-state index contributed by atoms with van der Waals surface area (Å²) in [7, 11) is 1.53. The van der Waals surface area contributed by atoms with Crippen LogP contribution >= 0.6 is 23.2 Å². The van der Waals surface area contributed by atoms with Crippen LogP contribution in [0.2, 0.25) is 5.02 Å². The third-order valence-electron chi connectivity index (χ3n) is 3.98. The fraction of sp³-hybridized carbons (Fsp3) is 0.158. The average Bonchev–Trinajstić information content (AvgIpc) is 2.82. The highest BCUT2D eigenvalue weighted by Crippen LogP contribution is 2.31. The molecule has 1 aliphatic rings. The zero-order valence-electron chi connectivity index (χ0n) is 14.2. The van der Waals surface area contributed by atoms with Crippen LogP contribution in [-0.2, 0) is 16.1 Å². The molecular weight excluding hydrogens is 375 g/mol. The number of halogens is 2. The van der Waals surface area contributed by atoms with Crippen LogP contribution in [0.3, 0.4) is 0 Å². The van der Waals surface area contributed by atoms with Crippen LogP contribution < -0.4 is 10.1 Å². The van der Waals surface area contributed by atoms with Crippen molar-refractivity contribution in [1.82, 2.24) is 4.90 Å². The summed E-state index contributed by atoms with van der Waals surface area (Å²) in [6.07, 6.45) is 0. The second kappa shape index (κ2) is 7.40. The van der Waals surface area contributed by atoms with E-state index >= 15 is 0 Å². The largest absolute Gasteiger partial charge is 0.495 e. The SMILES string of the molecule is COc1ccc(C)cc1NC1=C(Cl)C(=O)N(Cc2ccc(Cl)cc2)C1=O. The number of methoxy groups -OCH3 is 1. The van der Waals surface area contributed by atoms with Gasteiger partial charge in [0.1, 0.15) is 16.5 Å². The minimum Gasteiger partial charge on any atom is -0.495 e. The van der Waals surface area contributed by atoms with Gasteiger partial charge in [-0.2, -0.15) is 0 Å². The van der Waals surface area contributed by atoms with E-state index in [2.05, 4.69) is 5.32 Å². The van der Waals surface area contributed by atoms with Gasteiger partial charge in [-0.15, -0.1) is 0 Å². The number of hydrogen-bond donors (Lipinski definition) is 1. The molecule has 2 amide bonds. The van der Waals surface area contributed by atoms with E-state index in [-0.39, 0.29) is 17.3 Å². The van der Waals surface area contributed by atoms with Gasteiger partial charge in [0.05, 0.1) is 19.3 Å². The van der Waals surface area contributed by atoms with E-state index in [0.717, 1.165) is 16.0 Å². The third-order valence-corrected chi connectivity index (χ3v) is 4.58. The lowest BCUT2D eigenvalue weighted by Crippen LogP contribution is -2.31. The molecule has 0 aromatic heterocycles. The molecule has 0 spiro atoms. The lowest BCUT2D eigenvalue weighted by atomic mass is 10.2. The Hall–Kier alpha value is -2.50. The monoisotopic (exact) mass is 390 g/mol. The van der Waals surface area contributed by atoms with E-state index in [9.17, 15) is 9.59 Å². The van der Waals surface area contributed by atoms with Crippen LogP contribution in [0.1, 0.15) is 11.1 Å². The van der Waals surface area contributed by atoms with Crippen LogP contribution in [0, 0.1) is 6.92 Å². The molecular formula is C19H16Cl2N2O3. The van der Waals surface area contributed by atoms with Gasteiger partial charge >= 0.3 is 0 Å². The molecule has 0 unspecified atom stereocenters. The molecule has 7 heteroatoms. The number of anilines is 1. The topological polar surface area (TPSA) is 58.6 Å². The number of carbonyl (C=O) groups is 2. The number of nitrogens with one attached hydrogen (secondary N) is 1. The Kier molecular flexibility index (Phi) is 5.20. The second-order valence-corrected chi connectivity index (χ2v) is 6.66. The van der Waals surface area contributed by atoms with E-state index in [1.807, 2.05) is 19.1 Å². The smallest absolute Gasteiger partial charge is 0.279 e. The van der Waals surface area contributed by atoms with Gasteiger partial charge in [0, 0.05) is 5.02 Å².